The van der Waals surface area contributed by atoms with Crippen LogP contribution in [0.1, 0.15) is 46.3 Å². The lowest BCUT2D eigenvalue weighted by Crippen LogP contribution is -2.44. The van der Waals surface area contributed by atoms with Gasteiger partial charge in [0, 0.05) is 36.5 Å². The van der Waals surface area contributed by atoms with Crippen molar-refractivity contribution in [2.45, 2.75) is 45.0 Å². The third-order valence-electron chi connectivity index (χ3n) is 6.11. The van der Waals surface area contributed by atoms with Gasteiger partial charge in [0.25, 0.3) is 5.91 Å². The lowest BCUT2D eigenvalue weighted by molar-refractivity contribution is -0.133. The van der Waals surface area contributed by atoms with Gasteiger partial charge in [-0.3, -0.25) is 14.4 Å². The van der Waals surface area contributed by atoms with E-state index < -0.39 is 6.04 Å². The van der Waals surface area contributed by atoms with Crippen molar-refractivity contribution in [3.05, 3.63) is 83.4 Å². The fourth-order valence-electron chi connectivity index (χ4n) is 4.39. The van der Waals surface area contributed by atoms with Gasteiger partial charge in [0.2, 0.25) is 0 Å². The molecule has 1 aromatic heterocycles. The molecule has 3 aromatic rings. The van der Waals surface area contributed by atoms with E-state index in [9.17, 15) is 14.4 Å². The predicted molar refractivity (Wildman–Crippen MR) is 116 cm³/mol. The van der Waals surface area contributed by atoms with E-state index in [1.54, 1.807) is 29.6 Å². The number of hydrogen-bond donors (Lipinski definition) is 0. The number of carbonyl (C=O) groups is 3. The molecule has 0 N–H and O–H groups in total. The SMILES string of the molecule is O=C1CCC(N2Cc3c(OCc4ccc(Cn5ccnc5)cc4)cccc3C2=O)C(=O)C1. The number of nitrogens with zero attached hydrogens (tertiary/aromatic N) is 3. The number of carbonyl (C=O) groups excluding carboxylic acids is 3. The second kappa shape index (κ2) is 8.42. The molecule has 5 rings (SSSR count). The minimum Gasteiger partial charge on any atom is -0.489 e. The van der Waals surface area contributed by atoms with Crippen LogP contribution < -0.4 is 4.74 Å². The van der Waals surface area contributed by atoms with Crippen LogP contribution in [0.3, 0.4) is 0 Å². The first-order valence-electron chi connectivity index (χ1n) is 10.7. The zero-order valence-corrected chi connectivity index (χ0v) is 17.6. The average Bonchev–Trinajstić information content (AvgIpc) is 3.42. The van der Waals surface area contributed by atoms with Crippen LogP contribution in [0, 0.1) is 0 Å². The first kappa shape index (κ1) is 20.2. The number of fused-ring (bicyclic) bond motifs is 1. The van der Waals surface area contributed by atoms with Crippen molar-refractivity contribution in [3.63, 3.8) is 0 Å². The first-order chi connectivity index (χ1) is 15.6. The summed E-state index contributed by atoms with van der Waals surface area (Å²) in [7, 11) is 0. The van der Waals surface area contributed by atoms with Gasteiger partial charge in [-0.15, -0.1) is 0 Å². The van der Waals surface area contributed by atoms with Crippen molar-refractivity contribution in [3.8, 4) is 5.75 Å². The number of benzene rings is 2. The number of aromatic nitrogens is 2. The second-order valence-corrected chi connectivity index (χ2v) is 8.29. The van der Waals surface area contributed by atoms with E-state index in [0.29, 0.717) is 37.3 Å². The maximum Gasteiger partial charge on any atom is 0.255 e. The molecule has 1 aliphatic heterocycles. The van der Waals surface area contributed by atoms with Crippen molar-refractivity contribution >= 4 is 17.5 Å². The Hall–Kier alpha value is -3.74. The van der Waals surface area contributed by atoms with Gasteiger partial charge in [-0.2, -0.15) is 0 Å². The minimum absolute atomic E-state index is 0.0459. The molecule has 0 radical (unpaired) electrons. The average molecular weight is 429 g/mol. The number of imidazole rings is 1. The monoisotopic (exact) mass is 429 g/mol. The van der Waals surface area contributed by atoms with Crippen molar-refractivity contribution < 1.29 is 19.1 Å². The fourth-order valence-corrected chi connectivity index (χ4v) is 4.39. The molecular formula is C25H23N3O4. The van der Waals surface area contributed by atoms with E-state index in [4.69, 9.17) is 4.74 Å². The van der Waals surface area contributed by atoms with Gasteiger partial charge in [0.1, 0.15) is 18.1 Å². The Morgan fingerprint density at radius 1 is 1.03 bits per heavy atom. The predicted octanol–water partition coefficient (Wildman–Crippen LogP) is 3.16. The molecule has 0 spiro atoms. The summed E-state index contributed by atoms with van der Waals surface area (Å²) in [5.41, 5.74) is 3.57. The Kier molecular flexibility index (Phi) is 5.31. The number of ether oxygens (including phenoxy) is 1. The number of Topliss-reactive ketones (excluding diaryl/α,β-unsaturated/α-hetero) is 2. The van der Waals surface area contributed by atoms with Crippen molar-refractivity contribution in [1.82, 2.24) is 14.5 Å². The lowest BCUT2D eigenvalue weighted by Gasteiger charge is -2.29. The molecule has 1 aliphatic carbocycles. The third-order valence-corrected chi connectivity index (χ3v) is 6.11. The van der Waals surface area contributed by atoms with Gasteiger partial charge in [-0.1, -0.05) is 30.3 Å². The molecule has 7 nitrogen and oxygen atoms in total. The molecule has 0 saturated heterocycles. The molecule has 1 atom stereocenters. The maximum atomic E-state index is 12.9. The van der Waals surface area contributed by atoms with Crippen molar-refractivity contribution in [2.75, 3.05) is 0 Å². The normalized spacial score (nSPS) is 18.2. The standard InChI is InChI=1S/C25H23N3O4/c29-19-8-9-22(23(30)12-19)28-14-21-20(25(28)31)2-1-3-24(21)32-15-18-6-4-17(5-7-18)13-27-11-10-26-16-27/h1-7,10-11,16,22H,8-9,12-15H2. The Bertz CT molecular complexity index is 1170. The number of hydrogen-bond acceptors (Lipinski definition) is 5. The fraction of sp³-hybridized carbons (Fsp3) is 0.280. The molecule has 0 bridgehead atoms. The van der Waals surface area contributed by atoms with Gasteiger partial charge in [-0.05, 0) is 29.7 Å². The Balaban J connectivity index is 1.27. The molecule has 1 fully saturated rings. The second-order valence-electron chi connectivity index (χ2n) is 8.29. The molecule has 1 saturated carbocycles. The Morgan fingerprint density at radius 2 is 1.84 bits per heavy atom. The van der Waals surface area contributed by atoms with Gasteiger partial charge in [0.05, 0.1) is 25.3 Å². The van der Waals surface area contributed by atoms with Crippen LogP contribution in [-0.2, 0) is 29.3 Å². The first-order valence-corrected chi connectivity index (χ1v) is 10.7. The summed E-state index contributed by atoms with van der Waals surface area (Å²) in [5.74, 6) is 0.276. The zero-order valence-electron chi connectivity index (χ0n) is 17.6. The summed E-state index contributed by atoms with van der Waals surface area (Å²) in [6.45, 7) is 1.47. The summed E-state index contributed by atoms with van der Waals surface area (Å²) in [6.07, 6.45) is 6.14. The van der Waals surface area contributed by atoms with Crippen LogP contribution >= 0.6 is 0 Å². The molecule has 7 heteroatoms. The van der Waals surface area contributed by atoms with Crippen LogP contribution in [0.15, 0.2) is 61.2 Å². The lowest BCUT2D eigenvalue weighted by atomic mass is 9.92. The van der Waals surface area contributed by atoms with E-state index in [-0.39, 0.29) is 23.9 Å². The van der Waals surface area contributed by atoms with E-state index >= 15 is 0 Å². The van der Waals surface area contributed by atoms with E-state index in [1.807, 2.05) is 29.0 Å². The topological polar surface area (TPSA) is 81.5 Å². The molecule has 2 heterocycles. The highest BCUT2D eigenvalue weighted by Gasteiger charge is 2.39. The van der Waals surface area contributed by atoms with Gasteiger partial charge >= 0.3 is 0 Å². The molecule has 2 aromatic carbocycles. The Labute approximate surface area is 185 Å². The molecule has 32 heavy (non-hydrogen) atoms. The number of rotatable bonds is 6. The van der Waals surface area contributed by atoms with Crippen LogP contribution in [0.4, 0.5) is 0 Å². The Morgan fingerprint density at radius 3 is 2.59 bits per heavy atom. The van der Waals surface area contributed by atoms with Crippen LogP contribution in [0.5, 0.6) is 5.75 Å². The molecule has 2 aliphatic rings. The minimum atomic E-state index is -0.525. The van der Waals surface area contributed by atoms with Crippen LogP contribution in [0.25, 0.3) is 0 Å². The quantitative estimate of drug-likeness (QED) is 0.562. The largest absolute Gasteiger partial charge is 0.489 e. The third kappa shape index (κ3) is 3.93. The molecule has 1 amide bonds. The number of amides is 1. The molecule has 162 valence electrons. The number of ketones is 2. The smallest absolute Gasteiger partial charge is 0.255 e. The van der Waals surface area contributed by atoms with Gasteiger partial charge < -0.3 is 14.2 Å². The van der Waals surface area contributed by atoms with Gasteiger partial charge in [0.15, 0.2) is 5.78 Å². The summed E-state index contributed by atoms with van der Waals surface area (Å²) in [4.78, 5) is 42.5. The van der Waals surface area contributed by atoms with Crippen molar-refractivity contribution in [1.29, 1.82) is 0 Å². The maximum absolute atomic E-state index is 12.9. The highest BCUT2D eigenvalue weighted by Crippen LogP contribution is 2.34. The zero-order chi connectivity index (χ0) is 22.1. The highest BCUT2D eigenvalue weighted by atomic mass is 16.5. The molecule has 1 unspecified atom stereocenters. The van der Waals surface area contributed by atoms with Gasteiger partial charge in [-0.25, -0.2) is 4.98 Å². The van der Waals surface area contributed by atoms with E-state index in [2.05, 4.69) is 17.1 Å². The summed E-state index contributed by atoms with van der Waals surface area (Å²) >= 11 is 0. The van der Waals surface area contributed by atoms with Crippen LogP contribution in [-0.4, -0.2) is 38.0 Å². The van der Waals surface area contributed by atoms with Crippen molar-refractivity contribution in [2.24, 2.45) is 0 Å². The summed E-state index contributed by atoms with van der Waals surface area (Å²) in [6, 6.07) is 13.1. The summed E-state index contributed by atoms with van der Waals surface area (Å²) in [5, 5.41) is 0. The molecular weight excluding hydrogens is 406 g/mol. The highest BCUT2D eigenvalue weighted by molar-refractivity contribution is 6.07. The van der Waals surface area contributed by atoms with E-state index in [1.165, 1.54) is 5.56 Å². The summed E-state index contributed by atoms with van der Waals surface area (Å²) < 4.78 is 8.08. The van der Waals surface area contributed by atoms with E-state index in [0.717, 1.165) is 17.7 Å². The van der Waals surface area contributed by atoms with Crippen LogP contribution in [0.2, 0.25) is 0 Å².